The van der Waals surface area contributed by atoms with Crippen molar-refractivity contribution in [3.8, 4) is 0 Å². The maximum Gasteiger partial charge on any atom is 1.00 e. The summed E-state index contributed by atoms with van der Waals surface area (Å²) in [5, 5.41) is 20.2. The average molecular weight is 474 g/mol. The van der Waals surface area contributed by atoms with Crippen molar-refractivity contribution in [2.75, 3.05) is 6.61 Å². The molecular formula is C13H16Na2O12S2. The second-order valence-electron chi connectivity index (χ2n) is 5.48. The van der Waals surface area contributed by atoms with Crippen molar-refractivity contribution < 1.29 is 113 Å². The van der Waals surface area contributed by atoms with Gasteiger partial charge >= 0.3 is 59.1 Å². The molecule has 0 saturated carbocycles. The first-order valence-corrected chi connectivity index (χ1v) is 10.0. The van der Waals surface area contributed by atoms with E-state index in [9.17, 15) is 36.2 Å². The van der Waals surface area contributed by atoms with Gasteiger partial charge in [0.2, 0.25) is 20.8 Å². The van der Waals surface area contributed by atoms with Crippen molar-refractivity contribution >= 4 is 20.8 Å². The molecule has 1 fully saturated rings. The molecule has 0 unspecified atom stereocenters. The molecule has 0 aliphatic carbocycles. The fourth-order valence-corrected chi connectivity index (χ4v) is 3.18. The maximum absolute atomic E-state index is 11.0. The predicted molar refractivity (Wildman–Crippen MR) is 82.1 cm³/mol. The minimum atomic E-state index is -5.34. The van der Waals surface area contributed by atoms with E-state index >= 15 is 0 Å². The van der Waals surface area contributed by atoms with Gasteiger partial charge in [0.15, 0.2) is 6.29 Å². The number of aliphatic hydroxyl groups excluding tert-OH is 2. The number of benzene rings is 1. The molecule has 1 aliphatic heterocycles. The fourth-order valence-electron chi connectivity index (χ4n) is 2.39. The molecule has 0 spiro atoms. The Hall–Kier alpha value is 0.800. The monoisotopic (exact) mass is 474 g/mol. The van der Waals surface area contributed by atoms with Crippen LogP contribution >= 0.6 is 0 Å². The molecular weight excluding hydrogens is 458 g/mol. The van der Waals surface area contributed by atoms with Crippen LogP contribution in [-0.2, 0) is 45.2 Å². The Bertz CT molecular complexity index is 819. The van der Waals surface area contributed by atoms with Crippen LogP contribution in [0, 0.1) is 0 Å². The minimum Gasteiger partial charge on any atom is -0.726 e. The van der Waals surface area contributed by atoms with Gasteiger partial charge in [0, 0.05) is 0 Å². The van der Waals surface area contributed by atoms with E-state index in [1.807, 2.05) is 0 Å². The summed E-state index contributed by atoms with van der Waals surface area (Å²) in [6, 6.07) is 8.42. The second kappa shape index (κ2) is 12.7. The summed E-state index contributed by atoms with van der Waals surface area (Å²) >= 11 is 0. The Morgan fingerprint density at radius 2 is 1.55 bits per heavy atom. The summed E-state index contributed by atoms with van der Waals surface area (Å²) in [5.41, 5.74) is 0.617. The zero-order valence-electron chi connectivity index (χ0n) is 15.5. The number of hydrogen-bond donors (Lipinski definition) is 2. The average Bonchev–Trinajstić information content (AvgIpc) is 2.55. The summed E-state index contributed by atoms with van der Waals surface area (Å²) in [6.07, 6.45) is -9.15. The van der Waals surface area contributed by atoms with Gasteiger partial charge in [0.05, 0.1) is 13.2 Å². The predicted octanol–water partition coefficient (Wildman–Crippen LogP) is -8.02. The van der Waals surface area contributed by atoms with Crippen molar-refractivity contribution in [2.24, 2.45) is 0 Å². The Morgan fingerprint density at radius 1 is 0.966 bits per heavy atom. The second-order valence-corrected chi connectivity index (χ2v) is 7.54. The van der Waals surface area contributed by atoms with Gasteiger partial charge < -0.3 is 28.8 Å². The third-order valence-corrected chi connectivity index (χ3v) is 4.41. The first-order valence-electron chi connectivity index (χ1n) is 7.38. The van der Waals surface area contributed by atoms with Crippen LogP contribution in [0.15, 0.2) is 30.3 Å². The fraction of sp³-hybridized carbons (Fsp3) is 0.538. The van der Waals surface area contributed by atoms with Gasteiger partial charge in [-0.3, -0.25) is 8.37 Å². The normalized spacial score (nSPS) is 27.5. The SMILES string of the molecule is O=S(=O)([O-])OC[C@H]1O[C@H](O)[C@H](OCc2ccccc2)[C@@H](OS(=O)(=O)[O-])[C@@H]1O.[Na+].[Na+]. The maximum atomic E-state index is 11.0. The van der Waals surface area contributed by atoms with Crippen LogP contribution in [0.25, 0.3) is 0 Å². The topological polar surface area (TPSA) is 192 Å². The van der Waals surface area contributed by atoms with E-state index in [0.717, 1.165) is 0 Å². The van der Waals surface area contributed by atoms with Gasteiger partial charge in [-0.2, -0.15) is 0 Å². The van der Waals surface area contributed by atoms with E-state index in [4.69, 9.17) is 9.47 Å². The molecule has 0 radical (unpaired) electrons. The van der Waals surface area contributed by atoms with Gasteiger partial charge in [-0.05, 0) is 5.56 Å². The zero-order chi connectivity index (χ0) is 20.2. The molecule has 5 atom stereocenters. The van der Waals surface area contributed by atoms with Crippen molar-refractivity contribution in [2.45, 2.75) is 37.3 Å². The molecule has 0 aromatic heterocycles. The van der Waals surface area contributed by atoms with Crippen molar-refractivity contribution in [3.05, 3.63) is 35.9 Å². The summed E-state index contributed by atoms with van der Waals surface area (Å²) < 4.78 is 82.8. The van der Waals surface area contributed by atoms with Crippen LogP contribution in [0.1, 0.15) is 5.56 Å². The standard InChI is InChI=1S/C13H18O12S2.2Na/c14-10-9(7-23-26(16,17)18)24-13(15)12(11(10)25-27(19,20)21)22-6-8-4-2-1-3-5-8;;/h1-5,9-15H,6-7H2,(H,16,17,18)(H,19,20,21);;/q;2*+1/p-2/t9-,10-,11+,12-,13+;;/m1../s1. The van der Waals surface area contributed by atoms with Crippen LogP contribution in [-0.4, -0.2) is 73.5 Å². The first kappa shape index (κ1) is 29.8. The van der Waals surface area contributed by atoms with E-state index in [1.54, 1.807) is 30.3 Å². The van der Waals surface area contributed by atoms with Crippen molar-refractivity contribution in [1.82, 2.24) is 0 Å². The van der Waals surface area contributed by atoms with E-state index in [1.165, 1.54) is 0 Å². The van der Waals surface area contributed by atoms with Crippen LogP contribution in [0.2, 0.25) is 0 Å². The smallest absolute Gasteiger partial charge is 0.726 e. The van der Waals surface area contributed by atoms with Gasteiger partial charge in [0.25, 0.3) is 0 Å². The van der Waals surface area contributed by atoms with Crippen LogP contribution in [0.4, 0.5) is 0 Å². The Labute approximate surface area is 212 Å². The summed E-state index contributed by atoms with van der Waals surface area (Å²) in [7, 11) is -10.5. The molecule has 0 bridgehead atoms. The van der Waals surface area contributed by atoms with Crippen molar-refractivity contribution in [3.63, 3.8) is 0 Å². The van der Waals surface area contributed by atoms with Crippen LogP contribution in [0.3, 0.4) is 0 Å². The zero-order valence-corrected chi connectivity index (χ0v) is 21.1. The molecule has 1 saturated heterocycles. The van der Waals surface area contributed by atoms with E-state index < -0.39 is 58.1 Å². The van der Waals surface area contributed by atoms with Crippen molar-refractivity contribution in [1.29, 1.82) is 0 Å². The number of hydrogen-bond acceptors (Lipinski definition) is 12. The molecule has 29 heavy (non-hydrogen) atoms. The molecule has 1 aliphatic rings. The summed E-state index contributed by atoms with van der Waals surface area (Å²) in [6.45, 7) is -1.21. The van der Waals surface area contributed by atoms with Gasteiger partial charge in [0.1, 0.15) is 24.4 Å². The number of aliphatic hydroxyl groups is 2. The van der Waals surface area contributed by atoms with Crippen LogP contribution < -0.4 is 59.1 Å². The van der Waals surface area contributed by atoms with Crippen LogP contribution in [0.5, 0.6) is 0 Å². The summed E-state index contributed by atoms with van der Waals surface area (Å²) in [5.74, 6) is 0. The third kappa shape index (κ3) is 10.3. The number of rotatable bonds is 8. The molecule has 16 heteroatoms. The van der Waals surface area contributed by atoms with E-state index in [-0.39, 0.29) is 65.7 Å². The minimum absolute atomic E-state index is 0. The first-order chi connectivity index (χ1) is 12.5. The molecule has 0 amide bonds. The Morgan fingerprint density at radius 3 is 2.07 bits per heavy atom. The third-order valence-electron chi connectivity index (χ3n) is 3.53. The Kier molecular flexibility index (Phi) is 13.1. The van der Waals surface area contributed by atoms with E-state index in [0.29, 0.717) is 5.56 Å². The van der Waals surface area contributed by atoms with E-state index in [2.05, 4.69) is 8.37 Å². The van der Waals surface area contributed by atoms with Gasteiger partial charge in [-0.1, -0.05) is 30.3 Å². The molecule has 12 nitrogen and oxygen atoms in total. The largest absolute Gasteiger partial charge is 1.00 e. The molecule has 2 rings (SSSR count). The molecule has 154 valence electrons. The Balaban J connectivity index is 0.00000392. The molecule has 1 heterocycles. The molecule has 2 N–H and O–H groups in total. The molecule has 1 aromatic carbocycles. The quantitative estimate of drug-likeness (QED) is 0.206. The van der Waals surface area contributed by atoms with Gasteiger partial charge in [-0.15, -0.1) is 0 Å². The summed E-state index contributed by atoms with van der Waals surface area (Å²) in [4.78, 5) is 0. The number of ether oxygens (including phenoxy) is 2. The molecule has 1 aromatic rings. The van der Waals surface area contributed by atoms with Gasteiger partial charge in [-0.25, -0.2) is 16.8 Å².